The van der Waals surface area contributed by atoms with Gasteiger partial charge in [0, 0.05) is 37.9 Å². The zero-order valence-corrected chi connectivity index (χ0v) is 15.4. The van der Waals surface area contributed by atoms with Gasteiger partial charge >= 0.3 is 0 Å². The monoisotopic (exact) mass is 376 g/mol. The smallest absolute Gasteiger partial charge is 0.253 e. The molecule has 6 nitrogen and oxygen atoms in total. The lowest BCUT2D eigenvalue weighted by Crippen LogP contribution is -2.60. The largest absolute Gasteiger partial charge is 0.381 e. The van der Waals surface area contributed by atoms with Crippen molar-refractivity contribution < 1.29 is 23.5 Å². The number of nitrogens with zero attached hydrogens (tertiary/aromatic N) is 2. The Kier molecular flexibility index (Phi) is 5.14. The van der Waals surface area contributed by atoms with Crippen LogP contribution in [0.2, 0.25) is 0 Å². The van der Waals surface area contributed by atoms with E-state index in [9.17, 15) is 14.0 Å². The molecule has 7 heteroatoms. The Balaban J connectivity index is 1.40. The molecular formula is C20H25FN2O4. The van der Waals surface area contributed by atoms with Crippen LogP contribution >= 0.6 is 0 Å². The number of carbonyl (C=O) groups excluding carboxylic acids is 2. The summed E-state index contributed by atoms with van der Waals surface area (Å²) in [5.41, 5.74) is 0.249. The molecule has 0 bridgehead atoms. The van der Waals surface area contributed by atoms with Crippen LogP contribution in [-0.2, 0) is 19.1 Å². The fraction of sp³-hybridized carbons (Fsp3) is 0.600. The average molecular weight is 376 g/mol. The summed E-state index contributed by atoms with van der Waals surface area (Å²) in [6.07, 6.45) is 2.99. The zero-order valence-electron chi connectivity index (χ0n) is 15.4. The van der Waals surface area contributed by atoms with Gasteiger partial charge in [-0.3, -0.25) is 9.59 Å². The quantitative estimate of drug-likeness (QED) is 0.792. The van der Waals surface area contributed by atoms with Crippen molar-refractivity contribution >= 4 is 17.5 Å². The summed E-state index contributed by atoms with van der Waals surface area (Å²) in [6.45, 7) is 3.06. The second-order valence-electron chi connectivity index (χ2n) is 7.64. The molecule has 146 valence electrons. The molecule has 1 aromatic rings. The number of likely N-dealkylation sites (tertiary alicyclic amines) is 1. The number of benzene rings is 1. The van der Waals surface area contributed by atoms with Gasteiger partial charge in [-0.25, -0.2) is 4.39 Å². The predicted molar refractivity (Wildman–Crippen MR) is 96.8 cm³/mol. The van der Waals surface area contributed by atoms with E-state index in [0.29, 0.717) is 51.4 Å². The van der Waals surface area contributed by atoms with Crippen molar-refractivity contribution in [3.63, 3.8) is 0 Å². The van der Waals surface area contributed by atoms with Crippen LogP contribution in [0, 0.1) is 11.7 Å². The highest BCUT2D eigenvalue weighted by Gasteiger charge is 2.44. The predicted octanol–water partition coefficient (Wildman–Crippen LogP) is 1.98. The Hall–Kier alpha value is -1.99. The Labute approximate surface area is 158 Å². The third-order valence-corrected chi connectivity index (χ3v) is 5.94. The van der Waals surface area contributed by atoms with Crippen LogP contribution in [0.25, 0.3) is 0 Å². The minimum atomic E-state index is -0.436. The molecule has 0 saturated carbocycles. The van der Waals surface area contributed by atoms with Crippen molar-refractivity contribution in [2.45, 2.75) is 31.3 Å². The number of anilines is 1. The summed E-state index contributed by atoms with van der Waals surface area (Å²) in [5.74, 6) is -0.158. The summed E-state index contributed by atoms with van der Waals surface area (Å²) >= 11 is 0. The van der Waals surface area contributed by atoms with E-state index in [-0.39, 0.29) is 30.2 Å². The molecule has 1 spiro atoms. The first-order chi connectivity index (χ1) is 13.1. The highest BCUT2D eigenvalue weighted by Crippen LogP contribution is 2.33. The molecule has 3 saturated heterocycles. The number of amides is 2. The van der Waals surface area contributed by atoms with Crippen LogP contribution in [0.3, 0.4) is 0 Å². The molecule has 0 N–H and O–H groups in total. The van der Waals surface area contributed by atoms with E-state index >= 15 is 0 Å². The molecule has 1 aromatic carbocycles. The van der Waals surface area contributed by atoms with Gasteiger partial charge in [-0.05, 0) is 49.9 Å². The average Bonchev–Trinajstić information content (AvgIpc) is 2.71. The normalized spacial score (nSPS) is 23.7. The molecule has 2 amide bonds. The topological polar surface area (TPSA) is 59.1 Å². The molecule has 0 aliphatic carbocycles. The fourth-order valence-corrected chi connectivity index (χ4v) is 4.21. The summed E-state index contributed by atoms with van der Waals surface area (Å²) < 4.78 is 24.5. The number of ether oxygens (including phenoxy) is 2. The zero-order chi connectivity index (χ0) is 18.9. The molecule has 4 rings (SSSR count). The lowest BCUT2D eigenvalue weighted by Gasteiger charge is -2.47. The van der Waals surface area contributed by atoms with E-state index in [1.807, 2.05) is 4.90 Å². The number of hydrogen-bond acceptors (Lipinski definition) is 4. The summed E-state index contributed by atoms with van der Waals surface area (Å²) in [4.78, 5) is 28.7. The molecule has 3 aliphatic rings. The molecule has 0 unspecified atom stereocenters. The van der Waals surface area contributed by atoms with Crippen LogP contribution < -0.4 is 4.90 Å². The van der Waals surface area contributed by atoms with Crippen LogP contribution in [0.15, 0.2) is 24.3 Å². The maximum absolute atomic E-state index is 13.2. The van der Waals surface area contributed by atoms with E-state index < -0.39 is 5.60 Å². The van der Waals surface area contributed by atoms with Crippen molar-refractivity contribution in [1.29, 1.82) is 0 Å². The van der Waals surface area contributed by atoms with Crippen molar-refractivity contribution in [2.75, 3.05) is 44.4 Å². The van der Waals surface area contributed by atoms with Gasteiger partial charge in [0.05, 0.1) is 12.1 Å². The van der Waals surface area contributed by atoms with Gasteiger partial charge in [-0.2, -0.15) is 0 Å². The SMILES string of the molecule is O=C(C1CCOCC1)N1CCC2(CC1)CN(c1ccc(F)cc1)C(=O)CO2. The number of hydrogen-bond donors (Lipinski definition) is 0. The molecule has 3 fully saturated rings. The van der Waals surface area contributed by atoms with E-state index in [1.54, 1.807) is 17.0 Å². The lowest BCUT2D eigenvalue weighted by atomic mass is 9.88. The number of halogens is 1. The minimum absolute atomic E-state index is 0.0191. The Morgan fingerprint density at radius 1 is 1.11 bits per heavy atom. The van der Waals surface area contributed by atoms with Gasteiger partial charge in [0.1, 0.15) is 12.4 Å². The second kappa shape index (κ2) is 7.56. The van der Waals surface area contributed by atoms with Gasteiger partial charge in [0.25, 0.3) is 5.91 Å². The summed E-state index contributed by atoms with van der Waals surface area (Å²) in [5, 5.41) is 0. The van der Waals surface area contributed by atoms with E-state index in [2.05, 4.69) is 0 Å². The first-order valence-corrected chi connectivity index (χ1v) is 9.63. The molecule has 0 aromatic heterocycles. The van der Waals surface area contributed by atoms with E-state index in [4.69, 9.17) is 9.47 Å². The Bertz CT molecular complexity index is 694. The maximum Gasteiger partial charge on any atom is 0.253 e. The van der Waals surface area contributed by atoms with Gasteiger partial charge in [-0.15, -0.1) is 0 Å². The molecular weight excluding hydrogens is 351 g/mol. The highest BCUT2D eigenvalue weighted by molar-refractivity contribution is 5.95. The Morgan fingerprint density at radius 2 is 1.78 bits per heavy atom. The third-order valence-electron chi connectivity index (χ3n) is 5.94. The van der Waals surface area contributed by atoms with Crippen molar-refractivity contribution in [3.05, 3.63) is 30.1 Å². The first-order valence-electron chi connectivity index (χ1n) is 9.63. The van der Waals surface area contributed by atoms with Crippen molar-refractivity contribution in [3.8, 4) is 0 Å². The fourth-order valence-electron chi connectivity index (χ4n) is 4.21. The Morgan fingerprint density at radius 3 is 2.44 bits per heavy atom. The highest BCUT2D eigenvalue weighted by atomic mass is 19.1. The standard InChI is InChI=1S/C20H25FN2O4/c21-16-1-3-17(4-2-16)23-14-20(27-13-18(23)24)7-9-22(10-8-20)19(25)15-5-11-26-12-6-15/h1-4,15H,5-14H2. The van der Waals surface area contributed by atoms with Gasteiger partial charge in [0.15, 0.2) is 0 Å². The minimum Gasteiger partial charge on any atom is -0.381 e. The van der Waals surface area contributed by atoms with Crippen LogP contribution in [0.1, 0.15) is 25.7 Å². The lowest BCUT2D eigenvalue weighted by molar-refractivity contribution is -0.153. The third kappa shape index (κ3) is 3.84. The van der Waals surface area contributed by atoms with E-state index in [1.165, 1.54) is 12.1 Å². The van der Waals surface area contributed by atoms with Gasteiger partial charge in [-0.1, -0.05) is 0 Å². The van der Waals surface area contributed by atoms with Crippen molar-refractivity contribution in [1.82, 2.24) is 4.90 Å². The molecule has 3 aliphatic heterocycles. The molecule has 3 heterocycles. The number of piperidine rings is 1. The maximum atomic E-state index is 13.2. The van der Waals surface area contributed by atoms with Gasteiger partial charge in [0.2, 0.25) is 5.91 Å². The second-order valence-corrected chi connectivity index (χ2v) is 7.64. The van der Waals surface area contributed by atoms with Gasteiger partial charge < -0.3 is 19.3 Å². The number of rotatable bonds is 2. The molecule has 0 radical (unpaired) electrons. The van der Waals surface area contributed by atoms with E-state index in [0.717, 1.165) is 12.8 Å². The first kappa shape index (κ1) is 18.4. The van der Waals surface area contributed by atoms with Crippen molar-refractivity contribution in [2.24, 2.45) is 5.92 Å². The van der Waals surface area contributed by atoms with Crippen LogP contribution in [0.4, 0.5) is 10.1 Å². The molecule has 0 atom stereocenters. The summed E-state index contributed by atoms with van der Waals surface area (Å²) in [6, 6.07) is 5.96. The number of morpholine rings is 1. The van der Waals surface area contributed by atoms with Crippen LogP contribution in [-0.4, -0.2) is 61.8 Å². The molecule has 27 heavy (non-hydrogen) atoms. The van der Waals surface area contributed by atoms with Crippen LogP contribution in [0.5, 0.6) is 0 Å². The summed E-state index contributed by atoms with van der Waals surface area (Å²) in [7, 11) is 0. The number of carbonyl (C=O) groups is 2.